The summed E-state index contributed by atoms with van der Waals surface area (Å²) in [4.78, 5) is 0. The second kappa shape index (κ2) is 5.83. The van der Waals surface area contributed by atoms with Crippen molar-refractivity contribution in [3.63, 3.8) is 0 Å². The molecule has 0 spiro atoms. The zero-order valence-corrected chi connectivity index (χ0v) is 9.24. The molecule has 1 rings (SSSR count). The fourth-order valence-electron chi connectivity index (χ4n) is 1.44. The third-order valence-electron chi connectivity index (χ3n) is 2.18. The van der Waals surface area contributed by atoms with E-state index in [1.165, 1.54) is 6.07 Å². The standard InChI is InChI=1S/C12H18FNO/c1-9(14)7-10(2)15-8-11-5-3-4-6-12(11)13/h3-6,9-10H,7-8,14H2,1-2H3. The Balaban J connectivity index is 2.40. The predicted octanol–water partition coefficient (Wildman–Crippen LogP) is 2.47. The van der Waals surface area contributed by atoms with Crippen LogP contribution in [0.3, 0.4) is 0 Å². The number of benzene rings is 1. The minimum absolute atomic E-state index is 0.0598. The van der Waals surface area contributed by atoms with E-state index in [1.807, 2.05) is 13.8 Å². The van der Waals surface area contributed by atoms with Gasteiger partial charge in [0.1, 0.15) is 5.82 Å². The summed E-state index contributed by atoms with van der Waals surface area (Å²) in [7, 11) is 0. The highest BCUT2D eigenvalue weighted by molar-refractivity contribution is 5.16. The molecule has 1 aromatic carbocycles. The molecule has 0 heterocycles. The van der Waals surface area contributed by atoms with Crippen molar-refractivity contribution >= 4 is 0 Å². The Morgan fingerprint density at radius 1 is 1.33 bits per heavy atom. The maximum Gasteiger partial charge on any atom is 0.128 e. The zero-order chi connectivity index (χ0) is 11.3. The van der Waals surface area contributed by atoms with Crippen LogP contribution in [0.4, 0.5) is 4.39 Å². The second-order valence-electron chi connectivity index (χ2n) is 3.93. The first-order valence-electron chi connectivity index (χ1n) is 5.20. The van der Waals surface area contributed by atoms with Crippen LogP contribution in [0.25, 0.3) is 0 Å². The topological polar surface area (TPSA) is 35.2 Å². The van der Waals surface area contributed by atoms with Gasteiger partial charge in [0.25, 0.3) is 0 Å². The van der Waals surface area contributed by atoms with Gasteiger partial charge in [0.05, 0.1) is 12.7 Å². The highest BCUT2D eigenvalue weighted by Gasteiger charge is 2.07. The highest BCUT2D eigenvalue weighted by Crippen LogP contribution is 2.10. The Bertz CT molecular complexity index is 301. The molecule has 0 aromatic heterocycles. The summed E-state index contributed by atoms with van der Waals surface area (Å²) in [5.41, 5.74) is 6.23. The fraction of sp³-hybridized carbons (Fsp3) is 0.500. The number of ether oxygens (including phenoxy) is 1. The number of halogens is 1. The quantitative estimate of drug-likeness (QED) is 0.812. The van der Waals surface area contributed by atoms with Crippen molar-refractivity contribution in [2.24, 2.45) is 5.73 Å². The normalized spacial score (nSPS) is 14.9. The van der Waals surface area contributed by atoms with E-state index in [1.54, 1.807) is 18.2 Å². The average Bonchev–Trinajstić information content (AvgIpc) is 2.15. The van der Waals surface area contributed by atoms with Crippen LogP contribution in [0.1, 0.15) is 25.8 Å². The molecule has 2 unspecified atom stereocenters. The van der Waals surface area contributed by atoms with E-state index in [2.05, 4.69) is 0 Å². The number of hydrogen-bond donors (Lipinski definition) is 1. The molecular weight excluding hydrogens is 193 g/mol. The van der Waals surface area contributed by atoms with Crippen molar-refractivity contribution in [3.8, 4) is 0 Å². The molecule has 2 nitrogen and oxygen atoms in total. The third kappa shape index (κ3) is 4.40. The minimum Gasteiger partial charge on any atom is -0.374 e. The van der Waals surface area contributed by atoms with Gasteiger partial charge in [0.15, 0.2) is 0 Å². The van der Waals surface area contributed by atoms with E-state index in [0.717, 1.165) is 6.42 Å². The minimum atomic E-state index is -0.217. The van der Waals surface area contributed by atoms with E-state index in [9.17, 15) is 4.39 Å². The van der Waals surface area contributed by atoms with Crippen molar-refractivity contribution in [2.45, 2.75) is 39.0 Å². The van der Waals surface area contributed by atoms with Gasteiger partial charge in [-0.2, -0.15) is 0 Å². The van der Waals surface area contributed by atoms with Gasteiger partial charge in [0, 0.05) is 11.6 Å². The molecule has 2 atom stereocenters. The Kier molecular flexibility index (Phi) is 4.72. The third-order valence-corrected chi connectivity index (χ3v) is 2.18. The van der Waals surface area contributed by atoms with Crippen molar-refractivity contribution < 1.29 is 9.13 Å². The molecule has 0 aliphatic heterocycles. The molecule has 0 aliphatic carbocycles. The van der Waals surface area contributed by atoms with Crippen LogP contribution in [0, 0.1) is 5.82 Å². The van der Waals surface area contributed by atoms with Gasteiger partial charge in [-0.1, -0.05) is 18.2 Å². The molecule has 0 amide bonds. The first kappa shape index (κ1) is 12.1. The van der Waals surface area contributed by atoms with Gasteiger partial charge in [-0.15, -0.1) is 0 Å². The summed E-state index contributed by atoms with van der Waals surface area (Å²) in [6.07, 6.45) is 0.846. The number of hydrogen-bond acceptors (Lipinski definition) is 2. The molecule has 0 saturated heterocycles. The van der Waals surface area contributed by atoms with Gasteiger partial charge in [-0.05, 0) is 26.3 Å². The Labute approximate surface area is 90.2 Å². The molecule has 0 fully saturated rings. The largest absolute Gasteiger partial charge is 0.374 e. The molecule has 0 aliphatic rings. The van der Waals surface area contributed by atoms with Gasteiger partial charge in [0.2, 0.25) is 0 Å². The average molecular weight is 211 g/mol. The summed E-state index contributed by atoms with van der Waals surface area (Å²) >= 11 is 0. The molecule has 84 valence electrons. The Morgan fingerprint density at radius 2 is 2.00 bits per heavy atom. The summed E-state index contributed by atoms with van der Waals surface area (Å²) in [5.74, 6) is -0.217. The lowest BCUT2D eigenvalue weighted by atomic mass is 10.1. The van der Waals surface area contributed by atoms with Crippen LogP contribution in [0.2, 0.25) is 0 Å². The van der Waals surface area contributed by atoms with E-state index >= 15 is 0 Å². The number of nitrogens with two attached hydrogens (primary N) is 1. The zero-order valence-electron chi connectivity index (χ0n) is 9.24. The van der Waals surface area contributed by atoms with E-state index < -0.39 is 0 Å². The molecule has 15 heavy (non-hydrogen) atoms. The van der Waals surface area contributed by atoms with E-state index in [0.29, 0.717) is 12.2 Å². The van der Waals surface area contributed by atoms with Crippen LogP contribution in [0.5, 0.6) is 0 Å². The van der Waals surface area contributed by atoms with E-state index in [4.69, 9.17) is 10.5 Å². The molecule has 0 saturated carbocycles. The van der Waals surface area contributed by atoms with Crippen LogP contribution in [0.15, 0.2) is 24.3 Å². The first-order valence-corrected chi connectivity index (χ1v) is 5.20. The molecule has 0 radical (unpaired) electrons. The molecule has 1 aromatic rings. The van der Waals surface area contributed by atoms with Crippen LogP contribution in [-0.4, -0.2) is 12.1 Å². The SMILES string of the molecule is CC(N)CC(C)OCc1ccccc1F. The van der Waals surface area contributed by atoms with Gasteiger partial charge >= 0.3 is 0 Å². The lowest BCUT2D eigenvalue weighted by Crippen LogP contribution is -2.22. The van der Waals surface area contributed by atoms with Gasteiger partial charge in [-0.25, -0.2) is 4.39 Å². The maximum absolute atomic E-state index is 13.2. The van der Waals surface area contributed by atoms with Crippen LogP contribution < -0.4 is 5.73 Å². The smallest absolute Gasteiger partial charge is 0.128 e. The van der Waals surface area contributed by atoms with Crippen LogP contribution >= 0.6 is 0 Å². The first-order chi connectivity index (χ1) is 7.09. The van der Waals surface area contributed by atoms with Crippen molar-refractivity contribution in [2.75, 3.05) is 0 Å². The maximum atomic E-state index is 13.2. The monoisotopic (exact) mass is 211 g/mol. The van der Waals surface area contributed by atoms with Gasteiger partial charge < -0.3 is 10.5 Å². The lowest BCUT2D eigenvalue weighted by molar-refractivity contribution is 0.0428. The molecular formula is C12H18FNO. The Hall–Kier alpha value is -0.930. The summed E-state index contributed by atoms with van der Waals surface area (Å²) in [6.45, 7) is 4.19. The fourth-order valence-corrected chi connectivity index (χ4v) is 1.44. The van der Waals surface area contributed by atoms with Crippen molar-refractivity contribution in [1.29, 1.82) is 0 Å². The lowest BCUT2D eigenvalue weighted by Gasteiger charge is -2.15. The van der Waals surface area contributed by atoms with Gasteiger partial charge in [-0.3, -0.25) is 0 Å². The second-order valence-corrected chi connectivity index (χ2v) is 3.93. The summed E-state index contributed by atoms with van der Waals surface area (Å²) in [5, 5.41) is 0. The molecule has 0 bridgehead atoms. The van der Waals surface area contributed by atoms with Crippen molar-refractivity contribution in [1.82, 2.24) is 0 Å². The summed E-state index contributed by atoms with van der Waals surface area (Å²) in [6, 6.07) is 6.76. The molecule has 2 N–H and O–H groups in total. The Morgan fingerprint density at radius 3 is 2.60 bits per heavy atom. The highest BCUT2D eigenvalue weighted by atomic mass is 19.1. The van der Waals surface area contributed by atoms with Crippen molar-refractivity contribution in [3.05, 3.63) is 35.6 Å². The predicted molar refractivity (Wildman–Crippen MR) is 58.9 cm³/mol. The number of rotatable bonds is 5. The van der Waals surface area contributed by atoms with E-state index in [-0.39, 0.29) is 18.0 Å². The summed E-state index contributed by atoms with van der Waals surface area (Å²) < 4.78 is 18.7. The van der Waals surface area contributed by atoms with Crippen LogP contribution in [-0.2, 0) is 11.3 Å². The molecule has 3 heteroatoms.